The van der Waals surface area contributed by atoms with Gasteiger partial charge in [-0.25, -0.2) is 0 Å². The smallest absolute Gasteiger partial charge is 0.0198 e. The second kappa shape index (κ2) is 5.10. The molecule has 0 amide bonds. The molecule has 1 aromatic rings. The summed E-state index contributed by atoms with van der Waals surface area (Å²) in [6, 6.07) is 2.91. The van der Waals surface area contributed by atoms with E-state index in [1.807, 2.05) is 11.3 Å². The first-order valence-corrected chi connectivity index (χ1v) is 6.58. The van der Waals surface area contributed by atoms with Crippen LogP contribution in [0.5, 0.6) is 0 Å². The Morgan fingerprint density at radius 3 is 3.13 bits per heavy atom. The summed E-state index contributed by atoms with van der Waals surface area (Å²) in [4.78, 5) is 3.98. The summed E-state index contributed by atoms with van der Waals surface area (Å²) in [5.74, 6) is 0. The van der Waals surface area contributed by atoms with Crippen LogP contribution >= 0.6 is 11.3 Å². The molecule has 1 saturated heterocycles. The Balaban J connectivity index is 1.80. The number of thiophene rings is 1. The first-order chi connectivity index (χ1) is 7.25. The molecule has 1 aliphatic rings. The minimum absolute atomic E-state index is 0.685. The Kier molecular flexibility index (Phi) is 3.78. The van der Waals surface area contributed by atoms with Gasteiger partial charge in [0.15, 0.2) is 0 Å². The number of piperazine rings is 1. The maximum atomic E-state index is 3.59. The Hall–Kier alpha value is -0.380. The van der Waals surface area contributed by atoms with Crippen molar-refractivity contribution in [1.29, 1.82) is 0 Å². The van der Waals surface area contributed by atoms with Gasteiger partial charge in [0.05, 0.1) is 0 Å². The van der Waals surface area contributed by atoms with Crippen molar-refractivity contribution < 1.29 is 0 Å². The largest absolute Gasteiger partial charge is 0.311 e. The highest BCUT2D eigenvalue weighted by Gasteiger charge is 2.16. The van der Waals surface area contributed by atoms with E-state index in [-0.39, 0.29) is 0 Å². The van der Waals surface area contributed by atoms with Crippen LogP contribution < -0.4 is 5.32 Å². The van der Waals surface area contributed by atoms with Crippen LogP contribution in [0.1, 0.15) is 16.9 Å². The van der Waals surface area contributed by atoms with Crippen LogP contribution in [0.25, 0.3) is 0 Å². The van der Waals surface area contributed by atoms with Gasteiger partial charge >= 0.3 is 0 Å². The first kappa shape index (κ1) is 11.1. The van der Waals surface area contributed by atoms with Crippen molar-refractivity contribution >= 4 is 11.3 Å². The molecule has 0 saturated carbocycles. The monoisotopic (exact) mass is 224 g/mol. The van der Waals surface area contributed by atoms with Crippen LogP contribution in [0.4, 0.5) is 0 Å². The molecule has 1 aliphatic heterocycles. The molecule has 1 N–H and O–H groups in total. The van der Waals surface area contributed by atoms with E-state index in [0.29, 0.717) is 6.04 Å². The highest BCUT2D eigenvalue weighted by molar-refractivity contribution is 7.10. The second-order valence-electron chi connectivity index (χ2n) is 4.48. The molecule has 0 aliphatic carbocycles. The number of nitrogens with one attached hydrogen (secondary N) is 1. The number of nitrogens with zero attached hydrogens (tertiary/aromatic N) is 1. The van der Waals surface area contributed by atoms with Crippen LogP contribution in [0.2, 0.25) is 0 Å². The Bertz CT molecular complexity index is 308. The van der Waals surface area contributed by atoms with Crippen molar-refractivity contribution in [1.82, 2.24) is 10.2 Å². The van der Waals surface area contributed by atoms with E-state index in [0.717, 1.165) is 6.54 Å². The van der Waals surface area contributed by atoms with E-state index in [1.165, 1.54) is 31.5 Å². The van der Waals surface area contributed by atoms with Gasteiger partial charge in [-0.3, -0.25) is 0 Å². The summed E-state index contributed by atoms with van der Waals surface area (Å²) in [5, 5.41) is 5.79. The highest BCUT2D eigenvalue weighted by atomic mass is 32.1. The summed E-state index contributed by atoms with van der Waals surface area (Å²) in [6.45, 7) is 5.75. The van der Waals surface area contributed by atoms with Crippen LogP contribution in [0, 0.1) is 6.92 Å². The van der Waals surface area contributed by atoms with Gasteiger partial charge < -0.3 is 10.2 Å². The molecule has 3 heteroatoms. The molecular weight excluding hydrogens is 204 g/mol. The van der Waals surface area contributed by atoms with Crippen molar-refractivity contribution in [2.24, 2.45) is 0 Å². The van der Waals surface area contributed by atoms with Crippen molar-refractivity contribution in [3.63, 3.8) is 0 Å². The summed E-state index contributed by atoms with van der Waals surface area (Å²) in [7, 11) is 2.21. The fourth-order valence-electron chi connectivity index (χ4n) is 2.15. The Morgan fingerprint density at radius 1 is 1.60 bits per heavy atom. The molecule has 2 rings (SSSR count). The molecule has 0 aromatic carbocycles. The molecule has 15 heavy (non-hydrogen) atoms. The summed E-state index contributed by atoms with van der Waals surface area (Å²) in [5.41, 5.74) is 1.46. The normalized spacial score (nSPS) is 23.2. The lowest BCUT2D eigenvalue weighted by Crippen LogP contribution is -2.49. The minimum atomic E-state index is 0.685. The average Bonchev–Trinajstić information content (AvgIpc) is 2.61. The van der Waals surface area contributed by atoms with Gasteiger partial charge in [0.1, 0.15) is 0 Å². The Morgan fingerprint density at radius 2 is 2.47 bits per heavy atom. The predicted octanol–water partition coefficient (Wildman–Crippen LogP) is 1.89. The van der Waals surface area contributed by atoms with E-state index in [1.54, 1.807) is 4.88 Å². The van der Waals surface area contributed by atoms with Crippen LogP contribution in [0.15, 0.2) is 11.4 Å². The second-order valence-corrected chi connectivity index (χ2v) is 5.48. The molecule has 1 unspecified atom stereocenters. The summed E-state index contributed by atoms with van der Waals surface area (Å²) >= 11 is 1.90. The minimum Gasteiger partial charge on any atom is -0.311 e. The first-order valence-electron chi connectivity index (χ1n) is 5.70. The number of hydrogen-bond donors (Lipinski definition) is 1. The lowest BCUT2D eigenvalue weighted by atomic mass is 10.1. The van der Waals surface area contributed by atoms with Gasteiger partial charge in [0.2, 0.25) is 0 Å². The zero-order chi connectivity index (χ0) is 10.7. The number of hydrogen-bond acceptors (Lipinski definition) is 3. The summed E-state index contributed by atoms with van der Waals surface area (Å²) in [6.07, 6.45) is 2.50. The highest BCUT2D eigenvalue weighted by Crippen LogP contribution is 2.18. The van der Waals surface area contributed by atoms with Crippen molar-refractivity contribution in [3.05, 3.63) is 21.9 Å². The van der Waals surface area contributed by atoms with Gasteiger partial charge in [-0.15, -0.1) is 11.3 Å². The third kappa shape index (κ3) is 3.03. The van der Waals surface area contributed by atoms with Gasteiger partial charge in [-0.1, -0.05) is 0 Å². The molecule has 0 bridgehead atoms. The number of aryl methyl sites for hydroxylation is 2. The third-order valence-electron chi connectivity index (χ3n) is 3.15. The molecule has 0 radical (unpaired) electrons. The van der Waals surface area contributed by atoms with Crippen molar-refractivity contribution in [3.8, 4) is 0 Å². The lowest BCUT2D eigenvalue weighted by Gasteiger charge is -2.30. The summed E-state index contributed by atoms with van der Waals surface area (Å²) < 4.78 is 0. The predicted molar refractivity (Wildman–Crippen MR) is 66.7 cm³/mol. The van der Waals surface area contributed by atoms with Gasteiger partial charge in [0.25, 0.3) is 0 Å². The zero-order valence-corrected chi connectivity index (χ0v) is 10.4. The molecule has 1 atom stereocenters. The van der Waals surface area contributed by atoms with Crippen molar-refractivity contribution in [2.45, 2.75) is 25.8 Å². The third-order valence-corrected chi connectivity index (χ3v) is 4.23. The molecule has 0 spiro atoms. The fraction of sp³-hybridized carbons (Fsp3) is 0.667. The quantitative estimate of drug-likeness (QED) is 0.843. The standard InChI is InChI=1S/C12H20N2S/c1-10-5-8-15-12(10)4-3-11-9-14(2)7-6-13-11/h5,8,11,13H,3-4,6-7,9H2,1-2H3. The molecule has 2 heterocycles. The van der Waals surface area contributed by atoms with E-state index < -0.39 is 0 Å². The maximum absolute atomic E-state index is 3.59. The average molecular weight is 224 g/mol. The zero-order valence-electron chi connectivity index (χ0n) is 9.62. The fourth-order valence-corrected chi connectivity index (χ4v) is 3.08. The Labute approximate surface area is 96.3 Å². The molecule has 84 valence electrons. The van der Waals surface area contributed by atoms with Gasteiger partial charge in [0, 0.05) is 30.6 Å². The van der Waals surface area contributed by atoms with E-state index >= 15 is 0 Å². The van der Waals surface area contributed by atoms with Crippen LogP contribution in [-0.2, 0) is 6.42 Å². The van der Waals surface area contributed by atoms with Crippen molar-refractivity contribution in [2.75, 3.05) is 26.7 Å². The molecule has 1 fully saturated rings. The van der Waals surface area contributed by atoms with E-state index in [2.05, 4.69) is 35.6 Å². The van der Waals surface area contributed by atoms with Crippen LogP contribution in [-0.4, -0.2) is 37.6 Å². The number of rotatable bonds is 3. The molecule has 1 aromatic heterocycles. The van der Waals surface area contributed by atoms with E-state index in [4.69, 9.17) is 0 Å². The topological polar surface area (TPSA) is 15.3 Å². The number of likely N-dealkylation sites (N-methyl/N-ethyl adjacent to an activating group) is 1. The lowest BCUT2D eigenvalue weighted by molar-refractivity contribution is 0.232. The van der Waals surface area contributed by atoms with E-state index in [9.17, 15) is 0 Å². The van der Waals surface area contributed by atoms with Gasteiger partial charge in [-0.05, 0) is 43.8 Å². The SMILES string of the molecule is Cc1ccsc1CCC1CN(C)CCN1. The van der Waals surface area contributed by atoms with Gasteiger partial charge in [-0.2, -0.15) is 0 Å². The maximum Gasteiger partial charge on any atom is 0.0198 e. The molecule has 2 nitrogen and oxygen atoms in total. The van der Waals surface area contributed by atoms with Crippen LogP contribution in [0.3, 0.4) is 0 Å². The molecular formula is C12H20N2S.